The van der Waals surface area contributed by atoms with Gasteiger partial charge >= 0.3 is 0 Å². The van der Waals surface area contributed by atoms with Crippen LogP contribution in [0.5, 0.6) is 0 Å². The summed E-state index contributed by atoms with van der Waals surface area (Å²) >= 11 is 0. The molecule has 0 saturated carbocycles. The van der Waals surface area contributed by atoms with E-state index in [0.717, 1.165) is 0 Å². The largest absolute Gasteiger partial charge is 0.351 e. The van der Waals surface area contributed by atoms with Crippen molar-refractivity contribution in [1.82, 2.24) is 9.97 Å². The lowest BCUT2D eigenvalue weighted by Crippen LogP contribution is -2.43. The van der Waals surface area contributed by atoms with Crippen molar-refractivity contribution in [3.05, 3.63) is 18.2 Å². The van der Waals surface area contributed by atoms with E-state index in [1.807, 2.05) is 0 Å². The minimum absolute atomic E-state index is 0.289. The first kappa shape index (κ1) is 10.4. The lowest BCUT2D eigenvalue weighted by Gasteiger charge is -2.09. The Balaban J connectivity index is 2.55. The molecule has 2 atom stereocenters. The van der Waals surface area contributed by atoms with Gasteiger partial charge in [0.2, 0.25) is 0 Å². The third-order valence-electron chi connectivity index (χ3n) is 1.79. The van der Waals surface area contributed by atoms with Gasteiger partial charge in [0, 0.05) is 12.6 Å². The van der Waals surface area contributed by atoms with Crippen LogP contribution in [0.25, 0.3) is 0 Å². The standard InChI is InChI=1S/C8H11N5O/c9-2-7(11)8(14)6(10)1-5-3-12-4-13-5/h3-4,6-7H,1,10-11H2,(H,12,13)/t6-,7?/m0/s1. The van der Waals surface area contributed by atoms with E-state index in [1.165, 1.54) is 6.33 Å². The lowest BCUT2D eigenvalue weighted by atomic mass is 10.0. The smallest absolute Gasteiger partial charge is 0.180 e. The number of H-pyrrole nitrogens is 1. The van der Waals surface area contributed by atoms with E-state index >= 15 is 0 Å². The highest BCUT2D eigenvalue weighted by atomic mass is 16.1. The molecule has 5 N–H and O–H groups in total. The average Bonchev–Trinajstić information content (AvgIpc) is 2.68. The van der Waals surface area contributed by atoms with Crippen molar-refractivity contribution in [3.63, 3.8) is 0 Å². The predicted octanol–water partition coefficient (Wildman–Crippen LogP) is -1.30. The number of aromatic nitrogens is 2. The lowest BCUT2D eigenvalue weighted by molar-refractivity contribution is -0.120. The highest BCUT2D eigenvalue weighted by molar-refractivity contribution is 5.91. The fraction of sp³-hybridized carbons (Fsp3) is 0.375. The van der Waals surface area contributed by atoms with Crippen LogP contribution >= 0.6 is 0 Å². The molecule has 0 radical (unpaired) electrons. The van der Waals surface area contributed by atoms with Gasteiger partial charge in [0.05, 0.1) is 24.1 Å². The van der Waals surface area contributed by atoms with Crippen LogP contribution in [-0.2, 0) is 11.2 Å². The summed E-state index contributed by atoms with van der Waals surface area (Å²) in [7, 11) is 0. The van der Waals surface area contributed by atoms with Crippen molar-refractivity contribution in [2.45, 2.75) is 18.5 Å². The predicted molar refractivity (Wildman–Crippen MR) is 48.9 cm³/mol. The second-order valence-corrected chi connectivity index (χ2v) is 2.88. The zero-order valence-corrected chi connectivity index (χ0v) is 7.47. The van der Waals surface area contributed by atoms with Crippen molar-refractivity contribution >= 4 is 5.78 Å². The van der Waals surface area contributed by atoms with E-state index in [1.54, 1.807) is 12.3 Å². The van der Waals surface area contributed by atoms with Crippen molar-refractivity contribution in [3.8, 4) is 6.07 Å². The zero-order chi connectivity index (χ0) is 10.6. The molecule has 1 unspecified atom stereocenters. The van der Waals surface area contributed by atoms with E-state index < -0.39 is 17.9 Å². The molecule has 0 aliphatic carbocycles. The summed E-state index contributed by atoms with van der Waals surface area (Å²) in [6, 6.07) is -0.274. The Kier molecular flexibility index (Phi) is 3.34. The Bertz CT molecular complexity index is 339. The minimum Gasteiger partial charge on any atom is -0.351 e. The summed E-state index contributed by atoms with van der Waals surface area (Å²) in [5.41, 5.74) is 11.5. The maximum Gasteiger partial charge on any atom is 0.180 e. The second kappa shape index (κ2) is 4.50. The maximum absolute atomic E-state index is 11.3. The number of nitriles is 1. The molecule has 1 aromatic heterocycles. The molecule has 0 aliphatic heterocycles. The summed E-state index contributed by atoms with van der Waals surface area (Å²) in [4.78, 5) is 17.9. The van der Waals surface area contributed by atoms with Gasteiger partial charge in [-0.3, -0.25) is 4.79 Å². The molecule has 0 aromatic carbocycles. The van der Waals surface area contributed by atoms with Crippen molar-refractivity contribution in [2.24, 2.45) is 11.5 Å². The summed E-state index contributed by atoms with van der Waals surface area (Å²) in [6.07, 6.45) is 3.43. The number of hydrogen-bond acceptors (Lipinski definition) is 5. The monoisotopic (exact) mass is 193 g/mol. The number of nitrogens with zero attached hydrogens (tertiary/aromatic N) is 2. The average molecular weight is 193 g/mol. The molecule has 1 heterocycles. The van der Waals surface area contributed by atoms with Crippen LogP contribution in [0, 0.1) is 11.3 Å². The molecule has 1 aromatic rings. The van der Waals surface area contributed by atoms with E-state index in [4.69, 9.17) is 16.7 Å². The number of carbonyl (C=O) groups is 1. The molecular formula is C8H11N5O. The number of hydrogen-bond donors (Lipinski definition) is 3. The molecule has 1 rings (SSSR count). The Labute approximate surface area is 80.9 Å². The van der Waals surface area contributed by atoms with Crippen LogP contribution in [0.3, 0.4) is 0 Å². The van der Waals surface area contributed by atoms with E-state index in [-0.39, 0.29) is 6.42 Å². The van der Waals surface area contributed by atoms with Gasteiger partial charge in [-0.25, -0.2) is 4.98 Å². The number of carbonyl (C=O) groups excluding carboxylic acids is 1. The fourth-order valence-electron chi connectivity index (χ4n) is 1.02. The van der Waals surface area contributed by atoms with Crippen LogP contribution in [0.4, 0.5) is 0 Å². The molecule has 0 aliphatic rings. The summed E-state index contributed by atoms with van der Waals surface area (Å²) < 4.78 is 0. The SMILES string of the molecule is N#CC(N)C(=O)[C@@H](N)Cc1c[nH]cn1. The highest BCUT2D eigenvalue weighted by Crippen LogP contribution is 1.98. The van der Waals surface area contributed by atoms with Gasteiger partial charge in [-0.05, 0) is 0 Å². The van der Waals surface area contributed by atoms with Crippen molar-refractivity contribution < 1.29 is 4.79 Å². The summed E-state index contributed by atoms with van der Waals surface area (Å²) in [5.74, 6) is -0.462. The van der Waals surface area contributed by atoms with Gasteiger partial charge in [-0.15, -0.1) is 0 Å². The Morgan fingerprint density at radius 3 is 2.93 bits per heavy atom. The third-order valence-corrected chi connectivity index (χ3v) is 1.79. The van der Waals surface area contributed by atoms with Gasteiger partial charge < -0.3 is 16.5 Å². The second-order valence-electron chi connectivity index (χ2n) is 2.88. The quantitative estimate of drug-likeness (QED) is 0.548. The van der Waals surface area contributed by atoms with Crippen LogP contribution < -0.4 is 11.5 Å². The summed E-state index contributed by atoms with van der Waals surface area (Å²) in [6.45, 7) is 0. The van der Waals surface area contributed by atoms with E-state index in [0.29, 0.717) is 5.69 Å². The number of ketones is 1. The van der Waals surface area contributed by atoms with Crippen LogP contribution in [0.2, 0.25) is 0 Å². The Morgan fingerprint density at radius 1 is 1.71 bits per heavy atom. The molecule has 0 fully saturated rings. The maximum atomic E-state index is 11.3. The molecule has 0 bridgehead atoms. The first-order valence-electron chi connectivity index (χ1n) is 4.07. The highest BCUT2D eigenvalue weighted by Gasteiger charge is 2.21. The van der Waals surface area contributed by atoms with Gasteiger partial charge in [-0.1, -0.05) is 0 Å². The fourth-order valence-corrected chi connectivity index (χ4v) is 1.02. The van der Waals surface area contributed by atoms with Crippen LogP contribution in [0.15, 0.2) is 12.5 Å². The number of aromatic amines is 1. The van der Waals surface area contributed by atoms with Crippen molar-refractivity contribution in [2.75, 3.05) is 0 Å². The van der Waals surface area contributed by atoms with Gasteiger partial charge in [0.25, 0.3) is 0 Å². The molecular weight excluding hydrogens is 182 g/mol. The van der Waals surface area contributed by atoms with Gasteiger partial charge in [0.1, 0.15) is 0 Å². The first-order chi connectivity index (χ1) is 6.65. The molecule has 0 saturated heterocycles. The van der Waals surface area contributed by atoms with E-state index in [9.17, 15) is 4.79 Å². The van der Waals surface area contributed by atoms with Gasteiger partial charge in [-0.2, -0.15) is 5.26 Å². The molecule has 6 heteroatoms. The van der Waals surface area contributed by atoms with Crippen LogP contribution in [0.1, 0.15) is 5.69 Å². The number of imidazole rings is 1. The first-order valence-corrected chi connectivity index (χ1v) is 4.07. The van der Waals surface area contributed by atoms with Crippen LogP contribution in [-0.4, -0.2) is 27.8 Å². The zero-order valence-electron chi connectivity index (χ0n) is 7.47. The Morgan fingerprint density at radius 2 is 2.43 bits per heavy atom. The Hall–Kier alpha value is -1.71. The number of nitrogens with two attached hydrogens (primary N) is 2. The molecule has 0 spiro atoms. The van der Waals surface area contributed by atoms with E-state index in [2.05, 4.69) is 9.97 Å². The summed E-state index contributed by atoms with van der Waals surface area (Å²) in [5, 5.41) is 8.41. The third kappa shape index (κ3) is 2.39. The minimum atomic E-state index is -1.15. The number of Topliss-reactive ketones (excluding diaryl/α,β-unsaturated/α-hetero) is 1. The number of nitrogens with one attached hydrogen (secondary N) is 1. The number of rotatable bonds is 4. The molecule has 6 nitrogen and oxygen atoms in total. The molecule has 74 valence electrons. The molecule has 14 heavy (non-hydrogen) atoms. The van der Waals surface area contributed by atoms with Gasteiger partial charge in [0.15, 0.2) is 11.8 Å². The van der Waals surface area contributed by atoms with Crippen molar-refractivity contribution in [1.29, 1.82) is 5.26 Å². The topological polar surface area (TPSA) is 122 Å². The normalized spacial score (nSPS) is 14.4. The molecule has 0 amide bonds.